The quantitative estimate of drug-likeness (QED) is 0.289. The van der Waals surface area contributed by atoms with Crippen molar-refractivity contribution in [1.29, 1.82) is 0 Å². The van der Waals surface area contributed by atoms with Crippen molar-refractivity contribution in [2.75, 3.05) is 12.3 Å². The number of nitrogens with two attached hydrogens (primary N) is 1. The largest absolute Gasteiger partial charge is 0.481 e. The average Bonchev–Trinajstić information content (AvgIpc) is 3.27. The molecule has 0 spiro atoms. The van der Waals surface area contributed by atoms with Crippen molar-refractivity contribution in [2.45, 2.75) is 57.7 Å². The molecule has 1 saturated heterocycles. The van der Waals surface area contributed by atoms with Gasteiger partial charge < -0.3 is 31.2 Å². The Kier molecular flexibility index (Phi) is 9.22. The summed E-state index contributed by atoms with van der Waals surface area (Å²) in [5, 5.41) is 14.2. The first kappa shape index (κ1) is 26.1. The first-order valence-corrected chi connectivity index (χ1v) is 11.1. The molecule has 2 rings (SSSR count). The molecule has 33 heavy (non-hydrogen) atoms. The van der Waals surface area contributed by atoms with Crippen LogP contribution in [0.25, 0.3) is 0 Å². The number of amides is 3. The van der Waals surface area contributed by atoms with Crippen LogP contribution in [-0.4, -0.2) is 64.7 Å². The van der Waals surface area contributed by atoms with Crippen LogP contribution in [0, 0.1) is 5.92 Å². The van der Waals surface area contributed by atoms with E-state index in [1.807, 2.05) is 13.8 Å². The minimum absolute atomic E-state index is 0.219. The fraction of sp³-hybridized carbons (Fsp3) is 0.500. The van der Waals surface area contributed by atoms with Crippen molar-refractivity contribution in [3.63, 3.8) is 0 Å². The van der Waals surface area contributed by atoms with Crippen LogP contribution in [0.3, 0.4) is 0 Å². The lowest BCUT2D eigenvalue weighted by molar-refractivity contribution is -0.142. The van der Waals surface area contributed by atoms with E-state index in [-0.39, 0.29) is 16.5 Å². The Morgan fingerprint density at radius 1 is 1.30 bits per heavy atom. The number of nitrogens with one attached hydrogen (secondary N) is 2. The molecule has 1 aliphatic heterocycles. The summed E-state index contributed by atoms with van der Waals surface area (Å²) in [6.45, 7) is 4.00. The fourth-order valence-electron chi connectivity index (χ4n) is 3.66. The van der Waals surface area contributed by atoms with Gasteiger partial charge >= 0.3 is 5.97 Å². The number of likely N-dealkylation sites (tertiary alicyclic amines) is 1. The van der Waals surface area contributed by atoms with Crippen LogP contribution in [0.4, 0.5) is 5.69 Å². The Hall–Kier alpha value is -3.14. The van der Waals surface area contributed by atoms with E-state index in [0.29, 0.717) is 37.8 Å². The van der Waals surface area contributed by atoms with E-state index in [1.165, 1.54) is 23.1 Å². The lowest BCUT2D eigenvalue weighted by Crippen LogP contribution is -2.56. The number of hydrogen-bond donors (Lipinski definition) is 4. The zero-order valence-electron chi connectivity index (χ0n) is 18.5. The van der Waals surface area contributed by atoms with Crippen LogP contribution in [0.5, 0.6) is 0 Å². The van der Waals surface area contributed by atoms with Gasteiger partial charge in [-0.2, -0.15) is 0 Å². The predicted octanol–water partition coefficient (Wildman–Crippen LogP) is 1.22. The third-order valence-electron chi connectivity index (χ3n) is 5.75. The van der Waals surface area contributed by atoms with Gasteiger partial charge in [-0.05, 0) is 37.0 Å². The highest BCUT2D eigenvalue weighted by molar-refractivity contribution is 6.33. The fourth-order valence-corrected chi connectivity index (χ4v) is 3.84. The summed E-state index contributed by atoms with van der Waals surface area (Å²) in [6.07, 6.45) is 1.32. The van der Waals surface area contributed by atoms with Gasteiger partial charge in [-0.1, -0.05) is 31.9 Å². The van der Waals surface area contributed by atoms with Gasteiger partial charge in [-0.15, -0.1) is 0 Å². The molecule has 3 amide bonds. The summed E-state index contributed by atoms with van der Waals surface area (Å²) in [7, 11) is 0. The smallest absolute Gasteiger partial charge is 0.305 e. The van der Waals surface area contributed by atoms with Crippen LogP contribution in [-0.2, 0) is 19.2 Å². The van der Waals surface area contributed by atoms with Crippen LogP contribution >= 0.6 is 11.6 Å². The molecule has 1 heterocycles. The Morgan fingerprint density at radius 2 is 2.00 bits per heavy atom. The maximum absolute atomic E-state index is 13.4. The summed E-state index contributed by atoms with van der Waals surface area (Å²) in [5.41, 5.74) is 6.26. The molecule has 4 atom stereocenters. The molecular weight excluding hydrogens is 452 g/mol. The van der Waals surface area contributed by atoms with Gasteiger partial charge in [-0.25, -0.2) is 0 Å². The first-order valence-electron chi connectivity index (χ1n) is 10.7. The highest BCUT2D eigenvalue weighted by Crippen LogP contribution is 2.23. The van der Waals surface area contributed by atoms with Gasteiger partial charge in [0.15, 0.2) is 0 Å². The molecule has 3 unspecified atom stereocenters. The SMILES string of the molecule is CCC(C)[C@H](NC(=O)c1ccc(N)c(Cl)c1)C(=O)N1CCCC1C(=O)NC(C=O)CC(=O)O. The number of benzene rings is 1. The standard InChI is InChI=1S/C22H29ClN4O6/c1-3-12(2)19(26-20(31)13-6-7-16(24)15(23)9-13)22(33)27-8-4-5-17(27)21(32)25-14(11-28)10-18(29)30/h6-7,9,11-12,14,17,19H,3-5,8,10,24H2,1-2H3,(H,25,32)(H,26,31)(H,29,30)/t12?,14?,17?,19-/m0/s1. The normalized spacial score (nSPS) is 18.2. The lowest BCUT2D eigenvalue weighted by atomic mass is 9.96. The van der Waals surface area contributed by atoms with Crippen molar-refractivity contribution in [3.05, 3.63) is 28.8 Å². The number of halogens is 1. The molecule has 10 nitrogen and oxygen atoms in total. The third kappa shape index (κ3) is 6.67. The molecule has 0 radical (unpaired) electrons. The number of aldehydes is 1. The molecule has 0 aromatic heterocycles. The van der Waals surface area contributed by atoms with Gasteiger partial charge in [0.25, 0.3) is 5.91 Å². The number of rotatable bonds is 10. The van der Waals surface area contributed by atoms with Crippen molar-refractivity contribution < 1.29 is 29.1 Å². The summed E-state index contributed by atoms with van der Waals surface area (Å²) < 4.78 is 0. The number of anilines is 1. The Labute approximate surface area is 196 Å². The first-order chi connectivity index (χ1) is 15.6. The molecule has 0 bridgehead atoms. The van der Waals surface area contributed by atoms with Gasteiger partial charge in [0, 0.05) is 12.1 Å². The van der Waals surface area contributed by atoms with E-state index in [0.717, 1.165) is 0 Å². The number of carboxylic acids is 1. The summed E-state index contributed by atoms with van der Waals surface area (Å²) >= 11 is 6.00. The second-order valence-corrected chi connectivity index (χ2v) is 8.52. The number of carbonyl (C=O) groups excluding carboxylic acids is 4. The van der Waals surface area contributed by atoms with E-state index >= 15 is 0 Å². The Morgan fingerprint density at radius 3 is 2.58 bits per heavy atom. The number of carboxylic acid groups (broad SMARTS) is 1. The molecule has 1 aromatic carbocycles. The van der Waals surface area contributed by atoms with Gasteiger partial charge in [0.05, 0.1) is 23.2 Å². The van der Waals surface area contributed by atoms with Crippen LogP contribution < -0.4 is 16.4 Å². The Balaban J connectivity index is 2.18. The molecule has 180 valence electrons. The Bertz CT molecular complexity index is 924. The summed E-state index contributed by atoms with van der Waals surface area (Å²) in [5.74, 6) is -2.98. The van der Waals surface area contributed by atoms with E-state index < -0.39 is 48.2 Å². The second kappa shape index (κ2) is 11.6. The molecule has 0 saturated carbocycles. The predicted molar refractivity (Wildman–Crippen MR) is 122 cm³/mol. The minimum atomic E-state index is -1.23. The van der Waals surface area contributed by atoms with E-state index in [9.17, 15) is 24.0 Å². The van der Waals surface area contributed by atoms with Crippen molar-refractivity contribution in [1.82, 2.24) is 15.5 Å². The lowest BCUT2D eigenvalue weighted by Gasteiger charge is -2.31. The van der Waals surface area contributed by atoms with Crippen LogP contribution in [0.1, 0.15) is 49.9 Å². The highest BCUT2D eigenvalue weighted by atomic mass is 35.5. The van der Waals surface area contributed by atoms with Crippen LogP contribution in [0.15, 0.2) is 18.2 Å². The third-order valence-corrected chi connectivity index (χ3v) is 6.08. The second-order valence-electron chi connectivity index (χ2n) is 8.11. The minimum Gasteiger partial charge on any atom is -0.481 e. The van der Waals surface area contributed by atoms with Gasteiger partial charge in [0.1, 0.15) is 18.4 Å². The molecule has 0 aliphatic carbocycles. The number of nitrogens with zero attached hydrogens (tertiary/aromatic N) is 1. The van der Waals surface area contributed by atoms with E-state index in [2.05, 4.69) is 10.6 Å². The van der Waals surface area contributed by atoms with Crippen molar-refractivity contribution >= 4 is 47.3 Å². The molecule has 1 aromatic rings. The molecular formula is C22H29ClN4O6. The van der Waals surface area contributed by atoms with Crippen LogP contribution in [0.2, 0.25) is 5.02 Å². The van der Waals surface area contributed by atoms with E-state index in [1.54, 1.807) is 0 Å². The monoisotopic (exact) mass is 480 g/mol. The maximum atomic E-state index is 13.4. The van der Waals surface area contributed by atoms with Gasteiger partial charge in [-0.3, -0.25) is 19.2 Å². The summed E-state index contributed by atoms with van der Waals surface area (Å²) in [6, 6.07) is 1.48. The van der Waals surface area contributed by atoms with Crippen molar-refractivity contribution in [2.24, 2.45) is 5.92 Å². The molecule has 11 heteroatoms. The number of aliphatic carboxylic acids is 1. The average molecular weight is 481 g/mol. The summed E-state index contributed by atoms with van der Waals surface area (Å²) in [4.78, 5) is 62.3. The molecule has 5 N–H and O–H groups in total. The number of hydrogen-bond acceptors (Lipinski definition) is 6. The maximum Gasteiger partial charge on any atom is 0.305 e. The zero-order valence-corrected chi connectivity index (χ0v) is 19.3. The molecule has 1 aliphatic rings. The van der Waals surface area contributed by atoms with E-state index in [4.69, 9.17) is 22.4 Å². The van der Waals surface area contributed by atoms with Crippen molar-refractivity contribution in [3.8, 4) is 0 Å². The zero-order chi connectivity index (χ0) is 24.7. The highest BCUT2D eigenvalue weighted by Gasteiger charge is 2.39. The topological polar surface area (TPSA) is 159 Å². The number of nitrogen functional groups attached to an aromatic ring is 1. The van der Waals surface area contributed by atoms with Gasteiger partial charge in [0.2, 0.25) is 11.8 Å². The molecule has 1 fully saturated rings. The number of carbonyl (C=O) groups is 5.